The van der Waals surface area contributed by atoms with E-state index in [9.17, 15) is 19.7 Å². The van der Waals surface area contributed by atoms with Crippen LogP contribution in [-0.2, 0) is 9.53 Å². The number of amides is 1. The second-order valence-corrected chi connectivity index (χ2v) is 6.64. The molecule has 0 unspecified atom stereocenters. The van der Waals surface area contributed by atoms with E-state index in [1.807, 2.05) is 37.3 Å². The highest BCUT2D eigenvalue weighted by atomic mass is 35.5. The van der Waals surface area contributed by atoms with E-state index < -0.39 is 22.9 Å². The average molecular weight is 405 g/mol. The Bertz CT molecular complexity index is 857. The van der Waals surface area contributed by atoms with E-state index in [0.717, 1.165) is 18.1 Å². The van der Waals surface area contributed by atoms with E-state index in [4.69, 9.17) is 16.3 Å². The third-order valence-corrected chi connectivity index (χ3v) is 4.65. The number of carbonyl (C=O) groups is 2. The maximum atomic E-state index is 12.3. The minimum absolute atomic E-state index is 0.0123. The van der Waals surface area contributed by atoms with Crippen LogP contribution in [0.1, 0.15) is 42.1 Å². The molecule has 0 saturated heterocycles. The number of nitrogens with one attached hydrogen (secondary N) is 1. The van der Waals surface area contributed by atoms with Crippen LogP contribution in [0.5, 0.6) is 0 Å². The lowest BCUT2D eigenvalue weighted by atomic mass is 9.96. The molecule has 2 rings (SSSR count). The summed E-state index contributed by atoms with van der Waals surface area (Å²) in [5, 5.41) is 13.6. The molecule has 2 atom stereocenters. The molecule has 0 aromatic heterocycles. The van der Waals surface area contributed by atoms with Gasteiger partial charge in [0.05, 0.1) is 15.5 Å². The Labute approximate surface area is 167 Å². The second kappa shape index (κ2) is 9.85. The number of nitro groups is 1. The van der Waals surface area contributed by atoms with Gasteiger partial charge in [0.25, 0.3) is 11.6 Å². The van der Waals surface area contributed by atoms with E-state index in [1.54, 1.807) is 0 Å². The summed E-state index contributed by atoms with van der Waals surface area (Å²) < 4.78 is 5.13. The van der Waals surface area contributed by atoms with E-state index in [2.05, 4.69) is 5.32 Å². The lowest BCUT2D eigenvalue weighted by Gasteiger charge is -2.18. The van der Waals surface area contributed by atoms with Crippen molar-refractivity contribution < 1.29 is 19.2 Å². The first-order valence-corrected chi connectivity index (χ1v) is 9.18. The molecule has 7 nitrogen and oxygen atoms in total. The molecule has 2 aromatic rings. The topological polar surface area (TPSA) is 98.5 Å². The predicted octanol–water partition coefficient (Wildman–Crippen LogP) is 4.10. The summed E-state index contributed by atoms with van der Waals surface area (Å²) in [6.07, 6.45) is -0.238. The fourth-order valence-corrected chi connectivity index (χ4v) is 2.85. The number of ether oxygens (including phenoxy) is 1. The minimum Gasteiger partial charge on any atom is -0.449 e. The van der Waals surface area contributed by atoms with Crippen molar-refractivity contribution in [1.82, 2.24) is 5.32 Å². The molecule has 0 aliphatic heterocycles. The fraction of sp³-hybridized carbons (Fsp3) is 0.300. The van der Waals surface area contributed by atoms with Gasteiger partial charge in [-0.3, -0.25) is 14.9 Å². The van der Waals surface area contributed by atoms with Gasteiger partial charge >= 0.3 is 5.97 Å². The smallest absolute Gasteiger partial charge is 0.340 e. The Morgan fingerprint density at radius 3 is 2.50 bits per heavy atom. The number of hydrogen-bond donors (Lipinski definition) is 1. The third kappa shape index (κ3) is 5.53. The molecule has 0 radical (unpaired) electrons. The van der Waals surface area contributed by atoms with E-state index in [0.29, 0.717) is 6.54 Å². The maximum absolute atomic E-state index is 12.3. The summed E-state index contributed by atoms with van der Waals surface area (Å²) in [6, 6.07) is 13.2. The van der Waals surface area contributed by atoms with Gasteiger partial charge in [0.2, 0.25) is 0 Å². The molecule has 0 spiro atoms. The molecular formula is C20H21ClN2O5. The highest BCUT2D eigenvalue weighted by Gasteiger charge is 2.23. The van der Waals surface area contributed by atoms with Gasteiger partial charge in [-0.05, 0) is 25.0 Å². The predicted molar refractivity (Wildman–Crippen MR) is 105 cm³/mol. The molecule has 0 heterocycles. The first kappa shape index (κ1) is 21.4. The number of non-ortho nitro benzene ring substituents is 1. The lowest BCUT2D eigenvalue weighted by Crippen LogP contribution is -2.38. The van der Waals surface area contributed by atoms with Crippen LogP contribution in [0.15, 0.2) is 48.5 Å². The van der Waals surface area contributed by atoms with Gasteiger partial charge in [0.1, 0.15) is 0 Å². The summed E-state index contributed by atoms with van der Waals surface area (Å²) in [7, 11) is 0. The second-order valence-electron chi connectivity index (χ2n) is 6.23. The van der Waals surface area contributed by atoms with E-state index in [1.165, 1.54) is 19.1 Å². The summed E-state index contributed by atoms with van der Waals surface area (Å²) in [6.45, 7) is 3.86. The number of halogens is 1. The summed E-state index contributed by atoms with van der Waals surface area (Å²) in [5.74, 6) is -1.21. The minimum atomic E-state index is -1.07. The monoisotopic (exact) mass is 404 g/mol. The first-order chi connectivity index (χ1) is 13.3. The maximum Gasteiger partial charge on any atom is 0.340 e. The number of esters is 1. The molecule has 0 bridgehead atoms. The summed E-state index contributed by atoms with van der Waals surface area (Å²) in [5.41, 5.74) is 0.659. The highest BCUT2D eigenvalue weighted by Crippen LogP contribution is 2.23. The Hall–Kier alpha value is -2.93. The number of carbonyl (C=O) groups excluding carboxylic acids is 2. The Morgan fingerprint density at radius 1 is 1.21 bits per heavy atom. The Kier molecular flexibility index (Phi) is 7.52. The molecule has 0 aliphatic carbocycles. The normalized spacial score (nSPS) is 12.7. The van der Waals surface area contributed by atoms with Crippen LogP contribution in [0.4, 0.5) is 5.69 Å². The van der Waals surface area contributed by atoms with Crippen LogP contribution in [0, 0.1) is 10.1 Å². The molecule has 1 amide bonds. The standard InChI is InChI=1S/C20H21ClN2O5/c1-3-14(15-7-5-4-6-8-15)12-22-19(24)13(2)28-20(25)17-11-16(23(26)27)9-10-18(17)21/h4-11,13-14H,3,12H2,1-2H3,(H,22,24)/t13-,14-/m1/s1. The number of nitro benzene ring substituents is 1. The molecule has 0 saturated carbocycles. The Balaban J connectivity index is 1.97. The van der Waals surface area contributed by atoms with Gasteiger partial charge in [0.15, 0.2) is 6.10 Å². The molecule has 8 heteroatoms. The first-order valence-electron chi connectivity index (χ1n) is 8.81. The van der Waals surface area contributed by atoms with Crippen LogP contribution in [0.2, 0.25) is 5.02 Å². The van der Waals surface area contributed by atoms with E-state index >= 15 is 0 Å². The van der Waals surface area contributed by atoms with Crippen molar-refractivity contribution in [3.8, 4) is 0 Å². The van der Waals surface area contributed by atoms with Crippen LogP contribution < -0.4 is 5.32 Å². The summed E-state index contributed by atoms with van der Waals surface area (Å²) in [4.78, 5) is 34.8. The van der Waals surface area contributed by atoms with Crippen molar-refractivity contribution in [2.75, 3.05) is 6.54 Å². The number of benzene rings is 2. The molecule has 2 aromatic carbocycles. The fourth-order valence-electron chi connectivity index (χ4n) is 2.65. The number of nitrogens with zero attached hydrogens (tertiary/aromatic N) is 1. The molecular weight excluding hydrogens is 384 g/mol. The van der Waals surface area contributed by atoms with Crippen LogP contribution in [-0.4, -0.2) is 29.4 Å². The number of rotatable bonds is 8. The van der Waals surface area contributed by atoms with Gasteiger partial charge < -0.3 is 10.1 Å². The average Bonchev–Trinajstić information content (AvgIpc) is 2.69. The van der Waals surface area contributed by atoms with Gasteiger partial charge in [0, 0.05) is 24.6 Å². The molecule has 28 heavy (non-hydrogen) atoms. The van der Waals surface area contributed by atoms with Gasteiger partial charge in [-0.25, -0.2) is 4.79 Å². The molecule has 0 aliphatic rings. The Morgan fingerprint density at radius 2 is 1.89 bits per heavy atom. The van der Waals surface area contributed by atoms with Crippen LogP contribution in [0.3, 0.4) is 0 Å². The van der Waals surface area contributed by atoms with Gasteiger partial charge in [-0.2, -0.15) is 0 Å². The molecule has 1 N–H and O–H groups in total. The van der Waals surface area contributed by atoms with Crippen molar-refractivity contribution in [1.29, 1.82) is 0 Å². The van der Waals surface area contributed by atoms with Crippen LogP contribution in [0.25, 0.3) is 0 Å². The zero-order valence-corrected chi connectivity index (χ0v) is 16.3. The lowest BCUT2D eigenvalue weighted by molar-refractivity contribution is -0.384. The number of hydrogen-bond acceptors (Lipinski definition) is 5. The summed E-state index contributed by atoms with van der Waals surface area (Å²) >= 11 is 5.92. The van der Waals surface area contributed by atoms with Crippen molar-refractivity contribution in [2.45, 2.75) is 32.3 Å². The zero-order valence-electron chi connectivity index (χ0n) is 15.6. The third-order valence-electron chi connectivity index (χ3n) is 4.32. The van der Waals surface area contributed by atoms with Crippen molar-refractivity contribution in [2.24, 2.45) is 0 Å². The van der Waals surface area contributed by atoms with Crippen molar-refractivity contribution in [3.05, 3.63) is 74.8 Å². The van der Waals surface area contributed by atoms with Gasteiger partial charge in [-0.1, -0.05) is 48.9 Å². The van der Waals surface area contributed by atoms with Crippen molar-refractivity contribution in [3.63, 3.8) is 0 Å². The largest absolute Gasteiger partial charge is 0.449 e. The van der Waals surface area contributed by atoms with E-state index in [-0.39, 0.29) is 22.2 Å². The van der Waals surface area contributed by atoms with Crippen molar-refractivity contribution >= 4 is 29.2 Å². The highest BCUT2D eigenvalue weighted by molar-refractivity contribution is 6.33. The molecule has 0 fully saturated rings. The van der Waals surface area contributed by atoms with Crippen LogP contribution >= 0.6 is 11.6 Å². The van der Waals surface area contributed by atoms with Gasteiger partial charge in [-0.15, -0.1) is 0 Å². The quantitative estimate of drug-likeness (QED) is 0.405. The zero-order chi connectivity index (χ0) is 20.7. The molecule has 148 valence electrons. The SMILES string of the molecule is CC[C@H](CNC(=O)[C@@H](C)OC(=O)c1cc([N+](=O)[O-])ccc1Cl)c1ccccc1.